The van der Waals surface area contributed by atoms with Gasteiger partial charge >= 0.3 is 0 Å². The molecule has 0 saturated carbocycles. The van der Waals surface area contributed by atoms with Gasteiger partial charge in [0.1, 0.15) is 18.4 Å². The molecule has 0 aliphatic carbocycles. The van der Waals surface area contributed by atoms with Gasteiger partial charge in [0.2, 0.25) is 5.91 Å². The fourth-order valence-corrected chi connectivity index (χ4v) is 4.19. The van der Waals surface area contributed by atoms with Gasteiger partial charge in [0.25, 0.3) is 11.8 Å². The molecule has 0 aliphatic rings. The average molecular weight is 538 g/mol. The van der Waals surface area contributed by atoms with Crippen LogP contribution in [0.5, 0.6) is 5.75 Å². The van der Waals surface area contributed by atoms with E-state index in [9.17, 15) is 19.5 Å². The summed E-state index contributed by atoms with van der Waals surface area (Å²) >= 11 is 0. The maximum Gasteiger partial charge on any atom is 0.252 e. The lowest BCUT2D eigenvalue weighted by molar-refractivity contribution is -0.134. The second-order valence-corrected chi connectivity index (χ2v) is 9.26. The SMILES string of the molecule is NC(=O)[C@@H](Cc1cccc(OCc2ccccc2)c1)NC(=O)[C@H](O)[C@@H](NC(=O)c1ccccc1)c1ccccc1. The zero-order chi connectivity index (χ0) is 28.3. The van der Waals surface area contributed by atoms with Crippen molar-refractivity contribution in [1.29, 1.82) is 0 Å². The van der Waals surface area contributed by atoms with Gasteiger partial charge in [-0.15, -0.1) is 0 Å². The molecule has 0 aromatic heterocycles. The molecule has 0 radical (unpaired) electrons. The third-order valence-corrected chi connectivity index (χ3v) is 6.31. The third kappa shape index (κ3) is 7.78. The summed E-state index contributed by atoms with van der Waals surface area (Å²) in [4.78, 5) is 38.3. The van der Waals surface area contributed by atoms with E-state index in [-0.39, 0.29) is 6.42 Å². The fraction of sp³-hybridized carbons (Fsp3) is 0.156. The molecule has 4 aromatic rings. The number of aliphatic hydroxyl groups is 1. The molecule has 0 bridgehead atoms. The zero-order valence-corrected chi connectivity index (χ0v) is 21.8. The van der Waals surface area contributed by atoms with Crippen molar-refractivity contribution in [3.05, 3.63) is 138 Å². The van der Waals surface area contributed by atoms with Gasteiger partial charge in [0, 0.05) is 12.0 Å². The molecule has 0 heterocycles. The van der Waals surface area contributed by atoms with Crippen LogP contribution in [0.2, 0.25) is 0 Å². The summed E-state index contributed by atoms with van der Waals surface area (Å²) in [5.74, 6) is -1.47. The summed E-state index contributed by atoms with van der Waals surface area (Å²) in [7, 11) is 0. The van der Waals surface area contributed by atoms with Gasteiger partial charge < -0.3 is 26.2 Å². The van der Waals surface area contributed by atoms with Crippen LogP contribution in [0.1, 0.15) is 33.1 Å². The standard InChI is InChI=1S/C32H31N3O5/c33-30(37)27(20-23-13-10-18-26(19-23)40-21-22-11-4-1-5-12-22)34-32(39)29(36)28(24-14-6-2-7-15-24)35-31(38)25-16-8-3-9-17-25/h1-19,27-29,36H,20-21H2,(H2,33,37)(H,34,39)(H,35,38)/t27-,28+,29-/m1/s1. The summed E-state index contributed by atoms with van der Waals surface area (Å²) in [5, 5.41) is 16.3. The second kappa shape index (κ2) is 13.7. The Hall–Kier alpha value is -4.95. The van der Waals surface area contributed by atoms with E-state index in [1.807, 2.05) is 30.3 Å². The molecule has 0 saturated heterocycles. The van der Waals surface area contributed by atoms with Crippen LogP contribution in [0.4, 0.5) is 0 Å². The highest BCUT2D eigenvalue weighted by atomic mass is 16.5. The van der Waals surface area contributed by atoms with Crippen LogP contribution in [0, 0.1) is 0 Å². The molecule has 4 aromatic carbocycles. The van der Waals surface area contributed by atoms with Crippen molar-refractivity contribution in [3.8, 4) is 5.75 Å². The van der Waals surface area contributed by atoms with Crippen molar-refractivity contribution < 1.29 is 24.2 Å². The highest BCUT2D eigenvalue weighted by Crippen LogP contribution is 2.20. The normalized spacial score (nSPS) is 12.9. The molecule has 8 heteroatoms. The van der Waals surface area contributed by atoms with Gasteiger partial charge in [0.05, 0.1) is 6.04 Å². The van der Waals surface area contributed by atoms with Gasteiger partial charge in [-0.05, 0) is 41.0 Å². The van der Waals surface area contributed by atoms with E-state index in [0.29, 0.717) is 29.0 Å². The smallest absolute Gasteiger partial charge is 0.252 e. The number of amides is 3. The molecule has 3 amide bonds. The summed E-state index contributed by atoms with van der Waals surface area (Å²) < 4.78 is 5.86. The lowest BCUT2D eigenvalue weighted by Gasteiger charge is -2.26. The van der Waals surface area contributed by atoms with Gasteiger partial charge in [-0.25, -0.2) is 0 Å². The molecular weight excluding hydrogens is 506 g/mol. The number of carbonyl (C=O) groups is 3. The predicted molar refractivity (Wildman–Crippen MR) is 151 cm³/mol. The van der Waals surface area contributed by atoms with E-state index in [2.05, 4.69) is 10.6 Å². The number of benzene rings is 4. The first-order valence-electron chi connectivity index (χ1n) is 12.8. The monoisotopic (exact) mass is 537 g/mol. The maximum absolute atomic E-state index is 13.2. The Bertz CT molecular complexity index is 1410. The highest BCUT2D eigenvalue weighted by molar-refractivity contribution is 5.95. The number of carbonyl (C=O) groups excluding carboxylic acids is 3. The molecule has 4 rings (SSSR count). The van der Waals surface area contributed by atoms with Crippen molar-refractivity contribution in [3.63, 3.8) is 0 Å². The van der Waals surface area contributed by atoms with Crippen molar-refractivity contribution in [2.45, 2.75) is 31.2 Å². The van der Waals surface area contributed by atoms with Crippen LogP contribution in [0.15, 0.2) is 115 Å². The number of nitrogens with one attached hydrogen (secondary N) is 2. The number of rotatable bonds is 12. The summed E-state index contributed by atoms with van der Waals surface area (Å²) in [6.45, 7) is 0.377. The van der Waals surface area contributed by atoms with E-state index >= 15 is 0 Å². The molecule has 0 aliphatic heterocycles. The largest absolute Gasteiger partial charge is 0.489 e. The average Bonchev–Trinajstić information content (AvgIpc) is 2.99. The van der Waals surface area contributed by atoms with Crippen molar-refractivity contribution >= 4 is 17.7 Å². The first kappa shape index (κ1) is 28.1. The number of primary amides is 1. The predicted octanol–water partition coefficient (Wildman–Crippen LogP) is 3.31. The molecule has 8 nitrogen and oxygen atoms in total. The Morgan fingerprint density at radius 2 is 1.35 bits per heavy atom. The number of hydrogen-bond acceptors (Lipinski definition) is 5. The van der Waals surface area contributed by atoms with E-state index in [4.69, 9.17) is 10.5 Å². The quantitative estimate of drug-likeness (QED) is 0.220. The van der Waals surface area contributed by atoms with Crippen LogP contribution >= 0.6 is 0 Å². The van der Waals surface area contributed by atoms with E-state index in [1.165, 1.54) is 0 Å². The van der Waals surface area contributed by atoms with E-state index < -0.39 is 35.9 Å². The second-order valence-electron chi connectivity index (χ2n) is 9.26. The van der Waals surface area contributed by atoms with Gasteiger partial charge in [0.15, 0.2) is 6.10 Å². The first-order valence-corrected chi connectivity index (χ1v) is 12.8. The highest BCUT2D eigenvalue weighted by Gasteiger charge is 2.31. The topological polar surface area (TPSA) is 131 Å². The first-order chi connectivity index (χ1) is 19.4. The lowest BCUT2D eigenvalue weighted by Crippen LogP contribution is -2.52. The molecular formula is C32H31N3O5. The number of nitrogens with two attached hydrogens (primary N) is 1. The molecule has 0 fully saturated rings. The van der Waals surface area contributed by atoms with Crippen molar-refractivity contribution in [2.24, 2.45) is 5.73 Å². The Balaban J connectivity index is 1.45. The Morgan fingerprint density at radius 3 is 2.00 bits per heavy atom. The van der Waals surface area contributed by atoms with Gasteiger partial charge in [-0.2, -0.15) is 0 Å². The molecule has 204 valence electrons. The lowest BCUT2D eigenvalue weighted by atomic mass is 9.99. The maximum atomic E-state index is 13.2. The number of aliphatic hydroxyl groups excluding tert-OH is 1. The van der Waals surface area contributed by atoms with Crippen LogP contribution in [0.25, 0.3) is 0 Å². The summed E-state index contributed by atoms with van der Waals surface area (Å²) in [5.41, 5.74) is 8.23. The zero-order valence-electron chi connectivity index (χ0n) is 21.8. The van der Waals surface area contributed by atoms with Gasteiger partial charge in [-0.3, -0.25) is 14.4 Å². The summed E-state index contributed by atoms with van der Waals surface area (Å²) in [6, 6.07) is 31.8. The molecule has 0 spiro atoms. The van der Waals surface area contributed by atoms with Crippen LogP contribution in [0.3, 0.4) is 0 Å². The number of ether oxygens (including phenoxy) is 1. The van der Waals surface area contributed by atoms with Crippen LogP contribution in [-0.4, -0.2) is 35.0 Å². The van der Waals surface area contributed by atoms with E-state index in [1.54, 1.807) is 84.9 Å². The summed E-state index contributed by atoms with van der Waals surface area (Å²) in [6.07, 6.45) is -1.61. The minimum Gasteiger partial charge on any atom is -0.489 e. The minimum atomic E-state index is -1.70. The van der Waals surface area contributed by atoms with Crippen LogP contribution in [-0.2, 0) is 22.6 Å². The molecule has 0 unspecified atom stereocenters. The van der Waals surface area contributed by atoms with Crippen molar-refractivity contribution in [1.82, 2.24) is 10.6 Å². The Kier molecular flexibility index (Phi) is 9.63. The Morgan fingerprint density at radius 1 is 0.750 bits per heavy atom. The minimum absolute atomic E-state index is 0.0860. The third-order valence-electron chi connectivity index (χ3n) is 6.31. The molecule has 3 atom stereocenters. The van der Waals surface area contributed by atoms with Crippen molar-refractivity contribution in [2.75, 3.05) is 0 Å². The Labute approximate surface area is 232 Å². The molecule has 40 heavy (non-hydrogen) atoms. The van der Waals surface area contributed by atoms with Crippen LogP contribution < -0.4 is 21.1 Å². The fourth-order valence-electron chi connectivity index (χ4n) is 4.19. The molecule has 5 N–H and O–H groups in total. The number of hydrogen-bond donors (Lipinski definition) is 4. The van der Waals surface area contributed by atoms with Gasteiger partial charge in [-0.1, -0.05) is 91.0 Å². The van der Waals surface area contributed by atoms with E-state index in [0.717, 1.165) is 5.56 Å².